The average Bonchev–Trinajstić information content (AvgIpc) is 1.82. The van der Waals surface area contributed by atoms with Gasteiger partial charge in [-0.15, -0.1) is 0 Å². The number of hydrogen-bond acceptors (Lipinski definition) is 2. The minimum Gasteiger partial charge on any atom is -0.478 e. The first kappa shape index (κ1) is 11.3. The summed E-state index contributed by atoms with van der Waals surface area (Å²) in [6, 6.07) is 0. The highest BCUT2D eigenvalue weighted by Gasteiger charge is 2.16. The molecule has 0 amide bonds. The number of hydrogen-bond donors (Lipinski definition) is 3. The second-order valence-corrected chi connectivity index (χ2v) is 3.74. The van der Waals surface area contributed by atoms with Gasteiger partial charge in [-0.05, 0) is 5.57 Å². The van der Waals surface area contributed by atoms with Gasteiger partial charge in [0.05, 0.1) is 6.16 Å². The fraction of sp³-hybridized carbons (Fsp3) is 0.400. The molecule has 0 spiro atoms. The monoisotopic (exact) mass is 198 g/mol. The molecule has 0 atom stereocenters. The Balaban J connectivity index is 4.39. The van der Waals surface area contributed by atoms with Gasteiger partial charge in [-0.25, -0.2) is 9.18 Å². The van der Waals surface area contributed by atoms with Crippen molar-refractivity contribution in [3.05, 3.63) is 11.6 Å². The fourth-order valence-corrected chi connectivity index (χ4v) is 1.27. The van der Waals surface area contributed by atoms with E-state index in [0.717, 1.165) is 0 Å². The third-order valence-corrected chi connectivity index (χ3v) is 1.73. The molecule has 0 rings (SSSR count). The van der Waals surface area contributed by atoms with Gasteiger partial charge in [0, 0.05) is 6.08 Å². The average molecular weight is 198 g/mol. The number of carbonyl (C=O) groups is 1. The van der Waals surface area contributed by atoms with Crippen molar-refractivity contribution in [2.24, 2.45) is 0 Å². The second kappa shape index (κ2) is 4.35. The molecule has 0 fully saturated rings. The molecule has 70 valence electrons. The number of allylic oxidation sites excluding steroid dienone is 1. The SMILES string of the molecule is O=C(O)/C=C(\CF)CP(=O)(O)O. The molecule has 0 unspecified atom stereocenters. The van der Waals surface area contributed by atoms with Gasteiger partial charge in [0.2, 0.25) is 0 Å². The molecule has 0 radical (unpaired) electrons. The van der Waals surface area contributed by atoms with Crippen LogP contribution in [0.25, 0.3) is 0 Å². The van der Waals surface area contributed by atoms with Crippen LogP contribution in [-0.2, 0) is 9.36 Å². The smallest absolute Gasteiger partial charge is 0.329 e. The Labute approximate surface area is 67.7 Å². The summed E-state index contributed by atoms with van der Waals surface area (Å²) in [7, 11) is -4.37. The first-order valence-electron chi connectivity index (χ1n) is 2.88. The molecule has 5 nitrogen and oxygen atoms in total. The largest absolute Gasteiger partial charge is 0.478 e. The maximum absolute atomic E-state index is 11.9. The van der Waals surface area contributed by atoms with Crippen molar-refractivity contribution in [3.63, 3.8) is 0 Å². The zero-order valence-corrected chi connectivity index (χ0v) is 6.87. The number of alkyl halides is 1. The number of aliphatic carboxylic acids is 1. The fourth-order valence-electron chi connectivity index (χ4n) is 0.566. The minimum absolute atomic E-state index is 0.421. The molecule has 0 saturated carbocycles. The lowest BCUT2D eigenvalue weighted by Crippen LogP contribution is -1.99. The van der Waals surface area contributed by atoms with Crippen molar-refractivity contribution in [2.45, 2.75) is 0 Å². The molecule has 0 saturated heterocycles. The van der Waals surface area contributed by atoms with Crippen LogP contribution in [0.2, 0.25) is 0 Å². The van der Waals surface area contributed by atoms with E-state index in [4.69, 9.17) is 14.9 Å². The highest BCUT2D eigenvalue weighted by atomic mass is 31.2. The van der Waals surface area contributed by atoms with E-state index in [-0.39, 0.29) is 0 Å². The van der Waals surface area contributed by atoms with Crippen LogP contribution < -0.4 is 0 Å². The molecule has 0 aliphatic heterocycles. The van der Waals surface area contributed by atoms with E-state index < -0.39 is 32.0 Å². The third-order valence-electron chi connectivity index (χ3n) is 0.908. The molecule has 0 heterocycles. The van der Waals surface area contributed by atoms with E-state index in [1.165, 1.54) is 0 Å². The molecule has 0 bridgehead atoms. The standard InChI is InChI=1S/C5H8FO5P/c6-2-4(1-5(7)8)3-12(9,10)11/h1H,2-3H2,(H,7,8)(H2,9,10,11)/b4-1+. The third kappa shape index (κ3) is 6.03. The predicted molar refractivity (Wildman–Crippen MR) is 38.6 cm³/mol. The van der Waals surface area contributed by atoms with Crippen molar-refractivity contribution >= 4 is 13.6 Å². The van der Waals surface area contributed by atoms with E-state index in [1.54, 1.807) is 0 Å². The van der Waals surface area contributed by atoms with Crippen molar-refractivity contribution in [2.75, 3.05) is 12.8 Å². The second-order valence-electron chi connectivity index (χ2n) is 2.10. The summed E-state index contributed by atoms with van der Waals surface area (Å²) in [5.41, 5.74) is -0.421. The van der Waals surface area contributed by atoms with E-state index >= 15 is 0 Å². The topological polar surface area (TPSA) is 94.8 Å². The van der Waals surface area contributed by atoms with Crippen LogP contribution in [0, 0.1) is 0 Å². The zero-order valence-electron chi connectivity index (χ0n) is 5.97. The van der Waals surface area contributed by atoms with E-state index in [0.29, 0.717) is 6.08 Å². The van der Waals surface area contributed by atoms with E-state index in [1.807, 2.05) is 0 Å². The van der Waals surface area contributed by atoms with Crippen molar-refractivity contribution in [1.82, 2.24) is 0 Å². The molecule has 3 N–H and O–H groups in total. The maximum atomic E-state index is 11.9. The summed E-state index contributed by atoms with van der Waals surface area (Å²) in [6.45, 7) is -1.17. The van der Waals surface area contributed by atoms with Gasteiger partial charge in [-0.1, -0.05) is 0 Å². The first-order chi connectivity index (χ1) is 5.35. The summed E-state index contributed by atoms with van der Waals surface area (Å²) in [5.74, 6) is -1.42. The normalized spacial score (nSPS) is 13.1. The Hall–Kier alpha value is -0.710. The number of halogens is 1. The molecular formula is C5H8FO5P. The summed E-state index contributed by atoms with van der Waals surface area (Å²) >= 11 is 0. The molecule has 12 heavy (non-hydrogen) atoms. The van der Waals surface area contributed by atoms with Crippen LogP contribution in [0.1, 0.15) is 0 Å². The Morgan fingerprint density at radius 2 is 2.00 bits per heavy atom. The number of carboxylic acids is 1. The van der Waals surface area contributed by atoms with Gasteiger partial charge in [0.15, 0.2) is 0 Å². The lowest BCUT2D eigenvalue weighted by atomic mass is 10.3. The van der Waals surface area contributed by atoms with E-state index in [2.05, 4.69) is 0 Å². The summed E-state index contributed by atoms with van der Waals surface area (Å²) in [4.78, 5) is 26.6. The minimum atomic E-state index is -4.37. The Bertz CT molecular complexity index is 242. The number of rotatable bonds is 4. The summed E-state index contributed by atoms with van der Waals surface area (Å²) in [5, 5.41) is 8.12. The van der Waals surface area contributed by atoms with Crippen molar-refractivity contribution < 1.29 is 28.6 Å². The van der Waals surface area contributed by atoms with Crippen molar-refractivity contribution in [1.29, 1.82) is 0 Å². The van der Waals surface area contributed by atoms with Gasteiger partial charge < -0.3 is 14.9 Å². The molecular weight excluding hydrogens is 190 g/mol. The molecule has 0 aromatic rings. The van der Waals surface area contributed by atoms with Crippen LogP contribution in [0.15, 0.2) is 11.6 Å². The van der Waals surface area contributed by atoms with Crippen LogP contribution in [-0.4, -0.2) is 33.7 Å². The Morgan fingerprint density at radius 3 is 2.25 bits per heavy atom. The molecule has 0 aromatic heterocycles. The quantitative estimate of drug-likeness (QED) is 0.441. The predicted octanol–water partition coefficient (Wildman–Crippen LogP) is 0.145. The summed E-state index contributed by atoms with van der Waals surface area (Å²) in [6.07, 6.45) is -0.394. The van der Waals surface area contributed by atoms with Gasteiger partial charge in [0.1, 0.15) is 6.67 Å². The van der Waals surface area contributed by atoms with E-state index in [9.17, 15) is 13.8 Å². The van der Waals surface area contributed by atoms with Crippen molar-refractivity contribution in [3.8, 4) is 0 Å². The maximum Gasteiger partial charge on any atom is 0.329 e. The summed E-state index contributed by atoms with van der Waals surface area (Å²) < 4.78 is 22.1. The Morgan fingerprint density at radius 1 is 1.50 bits per heavy atom. The number of carboxylic acid groups (broad SMARTS) is 1. The Kier molecular flexibility index (Phi) is 4.09. The van der Waals surface area contributed by atoms with Crippen LogP contribution in [0.5, 0.6) is 0 Å². The zero-order chi connectivity index (χ0) is 9.78. The lowest BCUT2D eigenvalue weighted by Gasteiger charge is -2.03. The van der Waals surface area contributed by atoms with Gasteiger partial charge in [0.25, 0.3) is 0 Å². The van der Waals surface area contributed by atoms with Crippen LogP contribution in [0.4, 0.5) is 4.39 Å². The molecule has 7 heteroatoms. The van der Waals surface area contributed by atoms with Crippen LogP contribution in [0.3, 0.4) is 0 Å². The molecule has 0 aliphatic carbocycles. The lowest BCUT2D eigenvalue weighted by molar-refractivity contribution is -0.131. The van der Waals surface area contributed by atoms with Crippen LogP contribution >= 0.6 is 7.60 Å². The molecule has 0 aliphatic rings. The molecule has 0 aromatic carbocycles. The highest BCUT2D eigenvalue weighted by Crippen LogP contribution is 2.36. The first-order valence-corrected chi connectivity index (χ1v) is 4.68. The highest BCUT2D eigenvalue weighted by molar-refractivity contribution is 7.52. The van der Waals surface area contributed by atoms with Gasteiger partial charge in [-0.2, -0.15) is 0 Å². The van der Waals surface area contributed by atoms with Gasteiger partial charge >= 0.3 is 13.6 Å². The van der Waals surface area contributed by atoms with Gasteiger partial charge in [-0.3, -0.25) is 4.57 Å².